The zero-order valence-electron chi connectivity index (χ0n) is 12.4. The summed E-state index contributed by atoms with van der Waals surface area (Å²) in [6, 6.07) is 7.77. The number of carbonyl (C=O) groups excluding carboxylic acids is 1. The van der Waals surface area contributed by atoms with Crippen LogP contribution in [0.15, 0.2) is 24.3 Å². The fourth-order valence-electron chi connectivity index (χ4n) is 2.02. The molecule has 0 fully saturated rings. The second kappa shape index (κ2) is 7.82. The van der Waals surface area contributed by atoms with E-state index >= 15 is 0 Å². The van der Waals surface area contributed by atoms with Crippen molar-refractivity contribution in [3.8, 4) is 0 Å². The van der Waals surface area contributed by atoms with Crippen molar-refractivity contribution >= 4 is 11.6 Å². The van der Waals surface area contributed by atoms with Gasteiger partial charge in [0, 0.05) is 25.2 Å². The standard InChI is InChI=1S/C16H26N2O/c1-4-11-18(16(19)10-9-13(2)3)12-14-7-5-6-8-15(14)17/h5-8,13H,4,9-12,17H2,1-3H3. The highest BCUT2D eigenvalue weighted by Crippen LogP contribution is 2.15. The van der Waals surface area contributed by atoms with Gasteiger partial charge in [0.05, 0.1) is 0 Å². The molecule has 0 aromatic heterocycles. The number of nitrogens with two attached hydrogens (primary N) is 1. The third kappa shape index (κ3) is 5.33. The smallest absolute Gasteiger partial charge is 0.222 e. The SMILES string of the molecule is CCCN(Cc1ccccc1N)C(=O)CCC(C)C. The summed E-state index contributed by atoms with van der Waals surface area (Å²) < 4.78 is 0. The summed E-state index contributed by atoms with van der Waals surface area (Å²) in [6.45, 7) is 7.80. The Kier molecular flexibility index (Phi) is 6.40. The minimum Gasteiger partial charge on any atom is -0.398 e. The predicted molar refractivity (Wildman–Crippen MR) is 80.6 cm³/mol. The summed E-state index contributed by atoms with van der Waals surface area (Å²) in [5.41, 5.74) is 7.75. The highest BCUT2D eigenvalue weighted by molar-refractivity contribution is 5.76. The van der Waals surface area contributed by atoms with Gasteiger partial charge in [-0.25, -0.2) is 0 Å². The van der Waals surface area contributed by atoms with E-state index in [-0.39, 0.29) is 5.91 Å². The lowest BCUT2D eigenvalue weighted by atomic mass is 10.1. The number of carbonyl (C=O) groups is 1. The number of nitrogen functional groups attached to an aromatic ring is 1. The molecule has 106 valence electrons. The first-order valence-corrected chi connectivity index (χ1v) is 7.15. The van der Waals surface area contributed by atoms with Crippen LogP contribution >= 0.6 is 0 Å². The van der Waals surface area contributed by atoms with Crippen LogP contribution in [0.25, 0.3) is 0 Å². The van der Waals surface area contributed by atoms with Gasteiger partial charge in [-0.1, -0.05) is 39.0 Å². The molecule has 1 rings (SSSR count). The molecular weight excluding hydrogens is 236 g/mol. The number of anilines is 1. The molecule has 3 nitrogen and oxygen atoms in total. The van der Waals surface area contributed by atoms with Crippen molar-refractivity contribution in [2.45, 2.75) is 46.6 Å². The minimum absolute atomic E-state index is 0.235. The van der Waals surface area contributed by atoms with Gasteiger partial charge in [-0.3, -0.25) is 4.79 Å². The van der Waals surface area contributed by atoms with Crippen molar-refractivity contribution in [1.29, 1.82) is 0 Å². The van der Waals surface area contributed by atoms with Gasteiger partial charge in [-0.05, 0) is 30.4 Å². The molecule has 3 heteroatoms. The van der Waals surface area contributed by atoms with E-state index in [0.29, 0.717) is 18.9 Å². The maximum absolute atomic E-state index is 12.2. The van der Waals surface area contributed by atoms with Crippen LogP contribution in [0.5, 0.6) is 0 Å². The first kappa shape index (κ1) is 15.5. The molecule has 0 bridgehead atoms. The van der Waals surface area contributed by atoms with Gasteiger partial charge in [0.15, 0.2) is 0 Å². The van der Waals surface area contributed by atoms with E-state index in [9.17, 15) is 4.79 Å². The summed E-state index contributed by atoms with van der Waals surface area (Å²) in [4.78, 5) is 14.2. The van der Waals surface area contributed by atoms with Gasteiger partial charge >= 0.3 is 0 Å². The van der Waals surface area contributed by atoms with Crippen molar-refractivity contribution < 1.29 is 4.79 Å². The Morgan fingerprint density at radius 3 is 2.58 bits per heavy atom. The van der Waals surface area contributed by atoms with Gasteiger partial charge in [-0.2, -0.15) is 0 Å². The van der Waals surface area contributed by atoms with Gasteiger partial charge in [0.25, 0.3) is 0 Å². The molecule has 0 heterocycles. The van der Waals surface area contributed by atoms with Crippen LogP contribution in [0.3, 0.4) is 0 Å². The maximum Gasteiger partial charge on any atom is 0.222 e. The van der Waals surface area contributed by atoms with Crippen molar-refractivity contribution in [1.82, 2.24) is 4.90 Å². The van der Waals surface area contributed by atoms with Crippen LogP contribution in [-0.2, 0) is 11.3 Å². The van der Waals surface area contributed by atoms with E-state index in [1.54, 1.807) is 0 Å². The quantitative estimate of drug-likeness (QED) is 0.765. The van der Waals surface area contributed by atoms with E-state index in [2.05, 4.69) is 20.8 Å². The second-order valence-corrected chi connectivity index (χ2v) is 5.45. The number of hydrogen-bond acceptors (Lipinski definition) is 2. The zero-order chi connectivity index (χ0) is 14.3. The van der Waals surface area contributed by atoms with Crippen LogP contribution in [-0.4, -0.2) is 17.4 Å². The number of para-hydroxylation sites is 1. The number of rotatable bonds is 7. The van der Waals surface area contributed by atoms with E-state index in [0.717, 1.165) is 30.6 Å². The molecule has 0 unspecified atom stereocenters. The molecule has 0 radical (unpaired) electrons. The minimum atomic E-state index is 0.235. The van der Waals surface area contributed by atoms with Crippen LogP contribution in [0.1, 0.15) is 45.6 Å². The lowest BCUT2D eigenvalue weighted by Gasteiger charge is -2.23. The molecule has 0 aliphatic heterocycles. The predicted octanol–water partition coefficient (Wildman–Crippen LogP) is 3.44. The molecule has 1 aromatic rings. The van der Waals surface area contributed by atoms with Crippen molar-refractivity contribution in [3.63, 3.8) is 0 Å². The lowest BCUT2D eigenvalue weighted by molar-refractivity contribution is -0.132. The largest absolute Gasteiger partial charge is 0.398 e. The number of nitrogens with zero attached hydrogens (tertiary/aromatic N) is 1. The van der Waals surface area contributed by atoms with E-state index in [1.807, 2.05) is 29.2 Å². The highest BCUT2D eigenvalue weighted by Gasteiger charge is 2.14. The third-order valence-corrected chi connectivity index (χ3v) is 3.20. The first-order valence-electron chi connectivity index (χ1n) is 7.15. The van der Waals surface area contributed by atoms with Crippen molar-refractivity contribution in [2.75, 3.05) is 12.3 Å². The van der Waals surface area contributed by atoms with Crippen LogP contribution in [0, 0.1) is 5.92 Å². The number of benzene rings is 1. The topological polar surface area (TPSA) is 46.3 Å². The van der Waals surface area contributed by atoms with Gasteiger partial charge < -0.3 is 10.6 Å². The molecule has 0 aliphatic rings. The fourth-order valence-corrected chi connectivity index (χ4v) is 2.02. The van der Waals surface area contributed by atoms with Crippen molar-refractivity contribution in [3.05, 3.63) is 29.8 Å². The fraction of sp³-hybridized carbons (Fsp3) is 0.562. The summed E-state index contributed by atoms with van der Waals surface area (Å²) in [6.07, 6.45) is 2.55. The van der Waals surface area contributed by atoms with Gasteiger partial charge in [0.2, 0.25) is 5.91 Å². The Hall–Kier alpha value is -1.51. The van der Waals surface area contributed by atoms with Crippen LogP contribution in [0.4, 0.5) is 5.69 Å². The number of amides is 1. The Morgan fingerprint density at radius 2 is 2.00 bits per heavy atom. The van der Waals surface area contributed by atoms with E-state index in [4.69, 9.17) is 5.73 Å². The third-order valence-electron chi connectivity index (χ3n) is 3.20. The van der Waals surface area contributed by atoms with Crippen LogP contribution in [0.2, 0.25) is 0 Å². The molecule has 0 spiro atoms. The molecule has 0 saturated carbocycles. The molecule has 2 N–H and O–H groups in total. The lowest BCUT2D eigenvalue weighted by Crippen LogP contribution is -2.31. The van der Waals surface area contributed by atoms with Gasteiger partial charge in [-0.15, -0.1) is 0 Å². The Balaban J connectivity index is 2.67. The Morgan fingerprint density at radius 1 is 1.32 bits per heavy atom. The molecule has 19 heavy (non-hydrogen) atoms. The average molecular weight is 262 g/mol. The maximum atomic E-state index is 12.2. The molecule has 1 aromatic carbocycles. The van der Waals surface area contributed by atoms with Crippen LogP contribution < -0.4 is 5.73 Å². The summed E-state index contributed by atoms with van der Waals surface area (Å²) >= 11 is 0. The number of hydrogen-bond donors (Lipinski definition) is 1. The normalized spacial score (nSPS) is 10.7. The second-order valence-electron chi connectivity index (χ2n) is 5.45. The Bertz CT molecular complexity index is 401. The molecule has 0 atom stereocenters. The zero-order valence-corrected chi connectivity index (χ0v) is 12.4. The first-order chi connectivity index (χ1) is 9.04. The van der Waals surface area contributed by atoms with E-state index < -0.39 is 0 Å². The summed E-state index contributed by atoms with van der Waals surface area (Å²) in [5, 5.41) is 0. The average Bonchev–Trinajstić information content (AvgIpc) is 2.38. The Labute approximate surface area is 116 Å². The van der Waals surface area contributed by atoms with Gasteiger partial charge in [0.1, 0.15) is 0 Å². The molecular formula is C16H26N2O. The summed E-state index contributed by atoms with van der Waals surface area (Å²) in [5.74, 6) is 0.799. The van der Waals surface area contributed by atoms with E-state index in [1.165, 1.54) is 0 Å². The highest BCUT2D eigenvalue weighted by atomic mass is 16.2. The molecule has 0 aliphatic carbocycles. The molecule has 1 amide bonds. The van der Waals surface area contributed by atoms with Crippen molar-refractivity contribution in [2.24, 2.45) is 5.92 Å². The monoisotopic (exact) mass is 262 g/mol. The summed E-state index contributed by atoms with van der Waals surface area (Å²) in [7, 11) is 0. The molecule has 0 saturated heterocycles.